The van der Waals surface area contributed by atoms with Crippen molar-refractivity contribution in [2.24, 2.45) is 0 Å². The van der Waals surface area contributed by atoms with Crippen LogP contribution in [-0.2, 0) is 0 Å². The quantitative estimate of drug-likeness (QED) is 0.926. The average Bonchev–Trinajstić information content (AvgIpc) is 2.80. The third kappa shape index (κ3) is 3.57. The molecular formula is C16H26N4O. The fraction of sp³-hybridized carbons (Fsp3) is 0.750. The molecule has 116 valence electrons. The molecule has 2 heterocycles. The van der Waals surface area contributed by atoms with E-state index < -0.39 is 0 Å². The molecule has 1 aliphatic carbocycles. The van der Waals surface area contributed by atoms with Gasteiger partial charge in [-0.2, -0.15) is 4.98 Å². The van der Waals surface area contributed by atoms with Gasteiger partial charge in [-0.05, 0) is 38.5 Å². The van der Waals surface area contributed by atoms with Gasteiger partial charge in [0.15, 0.2) is 5.82 Å². The zero-order valence-electron chi connectivity index (χ0n) is 12.8. The summed E-state index contributed by atoms with van der Waals surface area (Å²) >= 11 is 0. The predicted octanol–water partition coefficient (Wildman–Crippen LogP) is 3.15. The molecule has 2 N–H and O–H groups in total. The molecule has 0 bridgehead atoms. The number of nitrogens with zero attached hydrogens (tertiary/aromatic N) is 3. The molecule has 0 unspecified atom stereocenters. The molecule has 0 amide bonds. The first-order valence-electron chi connectivity index (χ1n) is 8.36. The molecule has 1 aromatic heterocycles. The zero-order chi connectivity index (χ0) is 14.5. The van der Waals surface area contributed by atoms with Gasteiger partial charge in [0, 0.05) is 13.1 Å². The molecule has 5 nitrogen and oxygen atoms in total. The zero-order valence-corrected chi connectivity index (χ0v) is 12.8. The molecular weight excluding hydrogens is 264 g/mol. The van der Waals surface area contributed by atoms with Crippen molar-refractivity contribution in [3.63, 3.8) is 0 Å². The first kappa shape index (κ1) is 14.4. The number of hydrogen-bond acceptors (Lipinski definition) is 5. The molecule has 0 radical (unpaired) electrons. The molecule has 2 aliphatic rings. The largest absolute Gasteiger partial charge is 0.473 e. The molecule has 21 heavy (non-hydrogen) atoms. The Hall–Kier alpha value is -1.52. The second-order valence-electron chi connectivity index (χ2n) is 6.20. The summed E-state index contributed by atoms with van der Waals surface area (Å²) in [5.74, 6) is 1.44. The van der Waals surface area contributed by atoms with Gasteiger partial charge >= 0.3 is 0 Å². The van der Waals surface area contributed by atoms with Crippen LogP contribution in [0.1, 0.15) is 57.8 Å². The van der Waals surface area contributed by atoms with Gasteiger partial charge in [-0.1, -0.05) is 19.3 Å². The third-order valence-electron chi connectivity index (χ3n) is 4.56. The third-order valence-corrected chi connectivity index (χ3v) is 4.56. The lowest BCUT2D eigenvalue weighted by Gasteiger charge is -2.26. The molecule has 1 saturated carbocycles. The van der Waals surface area contributed by atoms with Crippen molar-refractivity contribution in [1.29, 1.82) is 0 Å². The van der Waals surface area contributed by atoms with Crippen molar-refractivity contribution in [3.8, 4) is 5.88 Å². The van der Waals surface area contributed by atoms with Crippen molar-refractivity contribution < 1.29 is 4.74 Å². The first-order chi connectivity index (χ1) is 10.3. The summed E-state index contributed by atoms with van der Waals surface area (Å²) < 4.78 is 6.05. The highest BCUT2D eigenvalue weighted by molar-refractivity contribution is 5.67. The fourth-order valence-corrected chi connectivity index (χ4v) is 3.34. The normalized spacial score (nSPS) is 21.0. The van der Waals surface area contributed by atoms with Gasteiger partial charge in [0.25, 0.3) is 0 Å². The van der Waals surface area contributed by atoms with Gasteiger partial charge in [0.2, 0.25) is 5.88 Å². The van der Waals surface area contributed by atoms with Crippen LogP contribution in [0.25, 0.3) is 0 Å². The maximum absolute atomic E-state index is 6.29. The van der Waals surface area contributed by atoms with Crippen molar-refractivity contribution in [1.82, 2.24) is 9.97 Å². The Morgan fingerprint density at radius 1 is 0.952 bits per heavy atom. The standard InChI is InChI=1S/C16H26N4O/c17-14-15(20-10-6-1-2-7-11-20)18-12-19-16(14)21-13-8-4-3-5-9-13/h12-13H,1-11,17H2. The summed E-state index contributed by atoms with van der Waals surface area (Å²) in [6.45, 7) is 2.06. The molecule has 0 aromatic carbocycles. The molecule has 5 heteroatoms. The van der Waals surface area contributed by atoms with Gasteiger partial charge in [-0.3, -0.25) is 0 Å². The van der Waals surface area contributed by atoms with Crippen LogP contribution >= 0.6 is 0 Å². The predicted molar refractivity (Wildman–Crippen MR) is 84.6 cm³/mol. The van der Waals surface area contributed by atoms with E-state index in [4.69, 9.17) is 10.5 Å². The van der Waals surface area contributed by atoms with Gasteiger partial charge in [-0.15, -0.1) is 0 Å². The van der Waals surface area contributed by atoms with Gasteiger partial charge < -0.3 is 15.4 Å². The van der Waals surface area contributed by atoms with Crippen LogP contribution in [-0.4, -0.2) is 29.2 Å². The van der Waals surface area contributed by atoms with E-state index in [1.165, 1.54) is 44.9 Å². The molecule has 1 aromatic rings. The summed E-state index contributed by atoms with van der Waals surface area (Å²) in [7, 11) is 0. The molecule has 0 atom stereocenters. The second kappa shape index (κ2) is 6.96. The van der Waals surface area contributed by atoms with E-state index in [2.05, 4.69) is 14.9 Å². The minimum Gasteiger partial charge on any atom is -0.473 e. The Bertz CT molecular complexity index is 452. The molecule has 1 saturated heterocycles. The maximum atomic E-state index is 6.29. The highest BCUT2D eigenvalue weighted by Crippen LogP contribution is 2.32. The van der Waals surface area contributed by atoms with E-state index in [9.17, 15) is 0 Å². The summed E-state index contributed by atoms with van der Waals surface area (Å²) in [5, 5.41) is 0. The van der Waals surface area contributed by atoms with Crippen LogP contribution < -0.4 is 15.4 Å². The highest BCUT2D eigenvalue weighted by atomic mass is 16.5. The van der Waals surface area contributed by atoms with Gasteiger partial charge in [0.05, 0.1) is 0 Å². The minimum absolute atomic E-state index is 0.271. The van der Waals surface area contributed by atoms with E-state index in [0.717, 1.165) is 31.7 Å². The van der Waals surface area contributed by atoms with Crippen molar-refractivity contribution >= 4 is 11.5 Å². The van der Waals surface area contributed by atoms with Gasteiger partial charge in [0.1, 0.15) is 18.1 Å². The Kier molecular flexibility index (Phi) is 4.78. The van der Waals surface area contributed by atoms with Crippen molar-refractivity contribution in [2.45, 2.75) is 63.9 Å². The summed E-state index contributed by atoms with van der Waals surface area (Å²) in [6.07, 6.45) is 12.9. The van der Waals surface area contributed by atoms with Crippen LogP contribution in [0.5, 0.6) is 5.88 Å². The average molecular weight is 290 g/mol. The molecule has 3 rings (SSSR count). The van der Waals surface area contributed by atoms with Crippen LogP contribution in [0.15, 0.2) is 6.33 Å². The Balaban J connectivity index is 1.74. The van der Waals surface area contributed by atoms with Crippen LogP contribution in [0.4, 0.5) is 11.5 Å². The number of ether oxygens (including phenoxy) is 1. The molecule has 0 spiro atoms. The van der Waals surface area contributed by atoms with Crippen molar-refractivity contribution in [3.05, 3.63) is 6.33 Å². The lowest BCUT2D eigenvalue weighted by molar-refractivity contribution is 0.149. The van der Waals surface area contributed by atoms with Crippen LogP contribution in [0.3, 0.4) is 0 Å². The van der Waals surface area contributed by atoms with Gasteiger partial charge in [-0.25, -0.2) is 4.98 Å². The summed E-state index contributed by atoms with van der Waals surface area (Å²) in [4.78, 5) is 11.0. The Morgan fingerprint density at radius 3 is 2.33 bits per heavy atom. The Labute approximate surface area is 126 Å². The van der Waals surface area contributed by atoms with E-state index in [0.29, 0.717) is 11.6 Å². The maximum Gasteiger partial charge on any atom is 0.242 e. The van der Waals surface area contributed by atoms with E-state index in [1.807, 2.05) is 0 Å². The minimum atomic E-state index is 0.271. The number of nitrogens with two attached hydrogens (primary N) is 1. The van der Waals surface area contributed by atoms with Crippen LogP contribution in [0, 0.1) is 0 Å². The Morgan fingerprint density at radius 2 is 1.62 bits per heavy atom. The number of nitrogen functional groups attached to an aromatic ring is 1. The van der Waals surface area contributed by atoms with Crippen molar-refractivity contribution in [2.75, 3.05) is 23.7 Å². The summed E-state index contributed by atoms with van der Waals surface area (Å²) in [6, 6.07) is 0. The monoisotopic (exact) mass is 290 g/mol. The number of aromatic nitrogens is 2. The topological polar surface area (TPSA) is 64.3 Å². The fourth-order valence-electron chi connectivity index (χ4n) is 3.34. The number of anilines is 2. The van der Waals surface area contributed by atoms with E-state index in [-0.39, 0.29) is 6.10 Å². The number of hydrogen-bond donors (Lipinski definition) is 1. The van der Waals surface area contributed by atoms with Crippen LogP contribution in [0.2, 0.25) is 0 Å². The first-order valence-corrected chi connectivity index (χ1v) is 8.36. The SMILES string of the molecule is Nc1c(OC2CCCCC2)ncnc1N1CCCCCC1. The van der Waals surface area contributed by atoms with E-state index >= 15 is 0 Å². The highest BCUT2D eigenvalue weighted by Gasteiger charge is 2.21. The smallest absolute Gasteiger partial charge is 0.242 e. The lowest BCUT2D eigenvalue weighted by atomic mass is 9.98. The summed E-state index contributed by atoms with van der Waals surface area (Å²) in [5.41, 5.74) is 6.91. The van der Waals surface area contributed by atoms with E-state index in [1.54, 1.807) is 6.33 Å². The second-order valence-corrected chi connectivity index (χ2v) is 6.20. The molecule has 2 fully saturated rings. The molecule has 1 aliphatic heterocycles. The lowest BCUT2D eigenvalue weighted by Crippen LogP contribution is -2.27. The number of rotatable bonds is 3.